The lowest BCUT2D eigenvalue weighted by molar-refractivity contribution is 0.568. The van der Waals surface area contributed by atoms with E-state index >= 15 is 0 Å². The first-order valence-corrected chi connectivity index (χ1v) is 5.65. The van der Waals surface area contributed by atoms with Crippen molar-refractivity contribution in [2.45, 2.75) is 31.7 Å². The molecule has 0 saturated heterocycles. The number of nitrogens with zero attached hydrogens (tertiary/aromatic N) is 2. The summed E-state index contributed by atoms with van der Waals surface area (Å²) >= 11 is 0. The van der Waals surface area contributed by atoms with Crippen molar-refractivity contribution in [3.8, 4) is 0 Å². The normalized spacial score (nSPS) is 18.7. The van der Waals surface area contributed by atoms with Crippen molar-refractivity contribution in [2.75, 3.05) is 7.05 Å². The second-order valence-corrected chi connectivity index (χ2v) is 4.18. The molecule has 1 unspecified atom stereocenters. The van der Waals surface area contributed by atoms with Crippen LogP contribution >= 0.6 is 0 Å². The Morgan fingerprint density at radius 1 is 1.47 bits per heavy atom. The van der Waals surface area contributed by atoms with E-state index in [4.69, 9.17) is 0 Å². The molecule has 2 rings (SSSR count). The molecule has 1 N–H and O–H groups in total. The lowest BCUT2D eigenvalue weighted by Crippen LogP contribution is -2.22. The fourth-order valence-corrected chi connectivity index (χ4v) is 2.29. The van der Waals surface area contributed by atoms with Crippen LogP contribution in [0.5, 0.6) is 0 Å². The molecule has 1 aromatic rings. The van der Waals surface area contributed by atoms with Crippen LogP contribution in [-0.4, -0.2) is 16.6 Å². The minimum atomic E-state index is 0.345. The zero-order valence-corrected chi connectivity index (χ0v) is 9.53. The number of aromatic nitrogens is 2. The van der Waals surface area contributed by atoms with Gasteiger partial charge in [-0.1, -0.05) is 11.6 Å². The van der Waals surface area contributed by atoms with Crippen molar-refractivity contribution in [2.24, 2.45) is 7.05 Å². The Labute approximate surface area is 91.2 Å². The molecule has 1 aliphatic carbocycles. The predicted molar refractivity (Wildman–Crippen MR) is 61.6 cm³/mol. The third-order valence-corrected chi connectivity index (χ3v) is 3.14. The Kier molecular flexibility index (Phi) is 3.21. The van der Waals surface area contributed by atoms with E-state index in [1.54, 1.807) is 0 Å². The van der Waals surface area contributed by atoms with E-state index in [0.717, 1.165) is 0 Å². The lowest BCUT2D eigenvalue weighted by Gasteiger charge is -2.23. The Hall–Kier alpha value is -1.09. The standard InChI is InChI=1S/C12H19N3/c1-13-12(10-6-4-3-5-7-10)11-8-14-9-15(11)2/h6,8-9,12-13H,3-5,7H2,1-2H3. The van der Waals surface area contributed by atoms with Crippen LogP contribution in [0, 0.1) is 0 Å². The van der Waals surface area contributed by atoms with Gasteiger partial charge in [0.05, 0.1) is 24.3 Å². The molecule has 0 fully saturated rings. The summed E-state index contributed by atoms with van der Waals surface area (Å²) in [5.74, 6) is 0. The SMILES string of the molecule is CNC(C1=CCCCC1)c1cncn1C. The molecular formula is C12H19N3. The van der Waals surface area contributed by atoms with E-state index in [9.17, 15) is 0 Å². The first kappa shape index (κ1) is 10.4. The average Bonchev–Trinajstić information content (AvgIpc) is 2.68. The summed E-state index contributed by atoms with van der Waals surface area (Å²) in [6.07, 6.45) is 11.3. The molecule has 0 aliphatic heterocycles. The van der Waals surface area contributed by atoms with Crippen LogP contribution in [0.15, 0.2) is 24.2 Å². The van der Waals surface area contributed by atoms with Gasteiger partial charge < -0.3 is 9.88 Å². The van der Waals surface area contributed by atoms with Crippen LogP contribution < -0.4 is 5.32 Å². The number of rotatable bonds is 3. The molecule has 0 aromatic carbocycles. The van der Waals surface area contributed by atoms with Crippen LogP contribution in [0.3, 0.4) is 0 Å². The van der Waals surface area contributed by atoms with Crippen molar-refractivity contribution in [1.82, 2.24) is 14.9 Å². The summed E-state index contributed by atoms with van der Waals surface area (Å²) in [7, 11) is 4.07. The summed E-state index contributed by atoms with van der Waals surface area (Å²) in [4.78, 5) is 4.18. The average molecular weight is 205 g/mol. The minimum Gasteiger partial charge on any atom is -0.336 e. The van der Waals surface area contributed by atoms with E-state index in [1.807, 2.05) is 19.6 Å². The maximum atomic E-state index is 4.18. The molecular weight excluding hydrogens is 186 g/mol. The summed E-state index contributed by atoms with van der Waals surface area (Å²) in [5.41, 5.74) is 2.78. The highest BCUT2D eigenvalue weighted by Crippen LogP contribution is 2.28. The number of hydrogen-bond donors (Lipinski definition) is 1. The number of allylic oxidation sites excluding steroid dienone is 1. The minimum absolute atomic E-state index is 0.345. The van der Waals surface area contributed by atoms with Crippen molar-refractivity contribution in [1.29, 1.82) is 0 Å². The van der Waals surface area contributed by atoms with Crippen LogP contribution in [0.2, 0.25) is 0 Å². The summed E-state index contributed by atoms with van der Waals surface area (Å²) in [6, 6.07) is 0.345. The van der Waals surface area contributed by atoms with Gasteiger partial charge in [0.1, 0.15) is 0 Å². The van der Waals surface area contributed by atoms with Gasteiger partial charge in [-0.05, 0) is 32.7 Å². The van der Waals surface area contributed by atoms with E-state index in [0.29, 0.717) is 6.04 Å². The zero-order valence-electron chi connectivity index (χ0n) is 9.53. The van der Waals surface area contributed by atoms with E-state index in [1.165, 1.54) is 37.0 Å². The molecule has 1 aliphatic rings. The van der Waals surface area contributed by atoms with Gasteiger partial charge in [0, 0.05) is 7.05 Å². The summed E-state index contributed by atoms with van der Waals surface area (Å²) in [5, 5.41) is 3.39. The molecule has 82 valence electrons. The van der Waals surface area contributed by atoms with Gasteiger partial charge >= 0.3 is 0 Å². The molecule has 1 heterocycles. The lowest BCUT2D eigenvalue weighted by atomic mass is 9.92. The topological polar surface area (TPSA) is 29.9 Å². The van der Waals surface area contributed by atoms with Crippen LogP contribution in [-0.2, 0) is 7.05 Å². The quantitative estimate of drug-likeness (QED) is 0.766. The molecule has 15 heavy (non-hydrogen) atoms. The van der Waals surface area contributed by atoms with Gasteiger partial charge in [-0.3, -0.25) is 0 Å². The first-order valence-electron chi connectivity index (χ1n) is 5.65. The molecule has 0 radical (unpaired) electrons. The van der Waals surface area contributed by atoms with E-state index in [-0.39, 0.29) is 0 Å². The van der Waals surface area contributed by atoms with Gasteiger partial charge in [0.2, 0.25) is 0 Å². The third-order valence-electron chi connectivity index (χ3n) is 3.14. The van der Waals surface area contributed by atoms with Crippen LogP contribution in [0.1, 0.15) is 37.4 Å². The van der Waals surface area contributed by atoms with E-state index < -0.39 is 0 Å². The van der Waals surface area contributed by atoms with Gasteiger partial charge in [-0.25, -0.2) is 4.98 Å². The first-order chi connectivity index (χ1) is 7.33. The number of aryl methyl sites for hydroxylation is 1. The Bertz CT molecular complexity index is 352. The molecule has 3 heteroatoms. The number of nitrogens with one attached hydrogen (secondary N) is 1. The van der Waals surface area contributed by atoms with E-state index in [2.05, 4.69) is 28.0 Å². The zero-order chi connectivity index (χ0) is 10.7. The van der Waals surface area contributed by atoms with Gasteiger partial charge in [-0.15, -0.1) is 0 Å². The van der Waals surface area contributed by atoms with Gasteiger partial charge in [0.25, 0.3) is 0 Å². The molecule has 0 spiro atoms. The van der Waals surface area contributed by atoms with Gasteiger partial charge in [0.15, 0.2) is 0 Å². The largest absolute Gasteiger partial charge is 0.336 e. The highest BCUT2D eigenvalue weighted by Gasteiger charge is 2.18. The maximum absolute atomic E-state index is 4.18. The van der Waals surface area contributed by atoms with Gasteiger partial charge in [-0.2, -0.15) is 0 Å². The molecule has 0 amide bonds. The van der Waals surface area contributed by atoms with Crippen LogP contribution in [0.25, 0.3) is 0 Å². The monoisotopic (exact) mass is 205 g/mol. The number of imidazole rings is 1. The molecule has 0 bridgehead atoms. The number of hydrogen-bond acceptors (Lipinski definition) is 2. The molecule has 1 atom stereocenters. The molecule has 0 saturated carbocycles. The smallest absolute Gasteiger partial charge is 0.0946 e. The Morgan fingerprint density at radius 3 is 2.87 bits per heavy atom. The molecule has 3 nitrogen and oxygen atoms in total. The Balaban J connectivity index is 2.24. The second-order valence-electron chi connectivity index (χ2n) is 4.18. The number of likely N-dealkylation sites (N-methyl/N-ethyl adjacent to an activating group) is 1. The van der Waals surface area contributed by atoms with Crippen molar-refractivity contribution >= 4 is 0 Å². The maximum Gasteiger partial charge on any atom is 0.0946 e. The van der Waals surface area contributed by atoms with Crippen molar-refractivity contribution < 1.29 is 0 Å². The third kappa shape index (κ3) is 2.12. The van der Waals surface area contributed by atoms with Crippen molar-refractivity contribution in [3.63, 3.8) is 0 Å². The van der Waals surface area contributed by atoms with Crippen molar-refractivity contribution in [3.05, 3.63) is 29.9 Å². The fraction of sp³-hybridized carbons (Fsp3) is 0.583. The highest BCUT2D eigenvalue weighted by atomic mass is 15.1. The fourth-order valence-electron chi connectivity index (χ4n) is 2.29. The van der Waals surface area contributed by atoms with Crippen LogP contribution in [0.4, 0.5) is 0 Å². The summed E-state index contributed by atoms with van der Waals surface area (Å²) in [6.45, 7) is 0. The molecule has 1 aromatic heterocycles. The Morgan fingerprint density at radius 2 is 2.33 bits per heavy atom. The summed E-state index contributed by atoms with van der Waals surface area (Å²) < 4.78 is 2.09. The second kappa shape index (κ2) is 4.62. The predicted octanol–water partition coefficient (Wildman–Crippen LogP) is 2.18. The highest BCUT2D eigenvalue weighted by molar-refractivity contribution is 5.22.